The Morgan fingerprint density at radius 2 is 1.00 bits per heavy atom. The van der Waals surface area contributed by atoms with E-state index in [4.69, 9.17) is 9.47 Å². The number of carbonyl (C=O) groups is 4. The van der Waals surface area contributed by atoms with Crippen LogP contribution in [0.3, 0.4) is 0 Å². The van der Waals surface area contributed by atoms with Gasteiger partial charge in [0.1, 0.15) is 22.6 Å². The Labute approximate surface area is 186 Å². The van der Waals surface area contributed by atoms with Gasteiger partial charge in [0, 0.05) is 0 Å². The van der Waals surface area contributed by atoms with Gasteiger partial charge in [-0.1, -0.05) is 52.0 Å². The molecular formula is C24H26O8. The molecule has 32 heavy (non-hydrogen) atoms. The van der Waals surface area contributed by atoms with Crippen molar-refractivity contribution < 1.29 is 38.4 Å². The van der Waals surface area contributed by atoms with E-state index in [9.17, 15) is 19.2 Å². The molecule has 2 aromatic carbocycles. The number of para-hydroxylation sites is 2. The first-order valence-corrected chi connectivity index (χ1v) is 10.3. The van der Waals surface area contributed by atoms with E-state index in [0.29, 0.717) is 12.8 Å². The summed E-state index contributed by atoms with van der Waals surface area (Å²) in [6, 6.07) is 11.9. The fourth-order valence-electron chi connectivity index (χ4n) is 2.37. The summed E-state index contributed by atoms with van der Waals surface area (Å²) in [4.78, 5) is 58.3. The number of hydrogen-bond donors (Lipinski definition) is 0. The highest BCUT2D eigenvalue weighted by molar-refractivity contribution is 5.96. The molecule has 0 bridgehead atoms. The molecule has 0 saturated carbocycles. The third-order valence-electron chi connectivity index (χ3n) is 4.86. The van der Waals surface area contributed by atoms with Crippen LogP contribution in [-0.4, -0.2) is 23.9 Å². The van der Waals surface area contributed by atoms with Crippen LogP contribution in [0.15, 0.2) is 48.5 Å². The highest BCUT2D eigenvalue weighted by Gasteiger charge is 2.23. The monoisotopic (exact) mass is 442 g/mol. The third-order valence-corrected chi connectivity index (χ3v) is 4.86. The lowest BCUT2D eigenvalue weighted by Crippen LogP contribution is -2.20. The Hall–Kier alpha value is -3.68. The van der Waals surface area contributed by atoms with Gasteiger partial charge in [-0.15, -0.1) is 0 Å². The maximum atomic E-state index is 12.4. The van der Waals surface area contributed by atoms with Gasteiger partial charge in [0.05, 0.1) is 11.8 Å². The van der Waals surface area contributed by atoms with Crippen LogP contribution < -0.4 is 9.47 Å². The number of hydrogen-bond acceptors (Lipinski definition) is 8. The molecule has 0 aliphatic carbocycles. The number of benzene rings is 2. The molecule has 0 N–H and O–H groups in total. The lowest BCUT2D eigenvalue weighted by atomic mass is 10.1. The first-order chi connectivity index (χ1) is 15.3. The summed E-state index contributed by atoms with van der Waals surface area (Å²) in [6.45, 7) is 7.08. The van der Waals surface area contributed by atoms with Gasteiger partial charge in [-0.2, -0.15) is 0 Å². The lowest BCUT2D eigenvalue weighted by Gasteiger charge is -2.13. The summed E-state index contributed by atoms with van der Waals surface area (Å²) in [5, 5.41) is 0. The largest absolute Gasteiger partial charge is 0.425 e. The summed E-state index contributed by atoms with van der Waals surface area (Å²) >= 11 is 0. The standard InChI is InChI=1S/C24H26O8/c1-5-15(3)21(25)29-19-13-9-7-11-17(19)23(27)31-32-24(28)18-12-8-10-14-20(18)30-22(26)16(4)6-2/h7-16H,5-6H2,1-4H3. The molecule has 2 rings (SSSR count). The minimum atomic E-state index is -1.03. The highest BCUT2D eigenvalue weighted by atomic mass is 17.2. The number of carbonyl (C=O) groups excluding carboxylic acids is 4. The zero-order valence-electron chi connectivity index (χ0n) is 18.5. The minimum absolute atomic E-state index is 0.0123. The van der Waals surface area contributed by atoms with Crippen LogP contribution in [0.2, 0.25) is 0 Å². The van der Waals surface area contributed by atoms with Crippen molar-refractivity contribution in [3.8, 4) is 11.5 Å². The molecule has 0 aliphatic heterocycles. The van der Waals surface area contributed by atoms with Crippen molar-refractivity contribution in [2.45, 2.75) is 40.5 Å². The molecular weight excluding hydrogens is 416 g/mol. The molecule has 2 aromatic rings. The lowest BCUT2D eigenvalue weighted by molar-refractivity contribution is -0.187. The van der Waals surface area contributed by atoms with E-state index >= 15 is 0 Å². The first-order valence-electron chi connectivity index (χ1n) is 10.3. The molecule has 8 nitrogen and oxygen atoms in total. The smallest absolute Gasteiger partial charge is 0.390 e. The molecule has 8 heteroatoms. The summed E-state index contributed by atoms with van der Waals surface area (Å²) in [5.41, 5.74) is -0.179. The molecule has 0 heterocycles. The van der Waals surface area contributed by atoms with Gasteiger partial charge in [-0.05, 0) is 37.1 Å². The van der Waals surface area contributed by atoms with Crippen LogP contribution in [0, 0.1) is 11.8 Å². The molecule has 2 unspecified atom stereocenters. The van der Waals surface area contributed by atoms with E-state index in [2.05, 4.69) is 9.78 Å². The quantitative estimate of drug-likeness (QED) is 0.254. The van der Waals surface area contributed by atoms with Gasteiger partial charge < -0.3 is 9.47 Å². The van der Waals surface area contributed by atoms with E-state index in [1.807, 2.05) is 13.8 Å². The van der Waals surface area contributed by atoms with E-state index in [1.54, 1.807) is 38.1 Å². The molecule has 0 saturated heterocycles. The Morgan fingerprint density at radius 3 is 1.34 bits per heavy atom. The van der Waals surface area contributed by atoms with E-state index in [0.717, 1.165) is 0 Å². The summed E-state index contributed by atoms with van der Waals surface area (Å²) in [7, 11) is 0. The second kappa shape index (κ2) is 11.6. The zero-order valence-corrected chi connectivity index (χ0v) is 18.5. The van der Waals surface area contributed by atoms with Gasteiger partial charge in [0.15, 0.2) is 0 Å². The second-order valence-corrected chi connectivity index (χ2v) is 7.19. The number of ether oxygens (including phenoxy) is 2. The fraction of sp³-hybridized carbons (Fsp3) is 0.333. The van der Waals surface area contributed by atoms with Crippen molar-refractivity contribution >= 4 is 23.9 Å². The van der Waals surface area contributed by atoms with E-state index < -0.39 is 23.9 Å². The molecule has 0 radical (unpaired) electrons. The molecule has 2 atom stereocenters. The molecule has 0 amide bonds. The van der Waals surface area contributed by atoms with Crippen molar-refractivity contribution in [3.63, 3.8) is 0 Å². The van der Waals surface area contributed by atoms with Gasteiger partial charge in [-0.3, -0.25) is 9.59 Å². The Bertz CT molecular complexity index is 902. The molecule has 0 aliphatic rings. The van der Waals surface area contributed by atoms with Gasteiger partial charge in [0.2, 0.25) is 0 Å². The molecule has 0 spiro atoms. The van der Waals surface area contributed by atoms with E-state index in [1.165, 1.54) is 24.3 Å². The van der Waals surface area contributed by atoms with Crippen molar-refractivity contribution in [2.24, 2.45) is 11.8 Å². The SMILES string of the molecule is CCC(C)C(=O)Oc1ccccc1C(=O)OOC(=O)c1ccccc1OC(=O)C(C)CC. The normalized spacial score (nSPS) is 12.2. The average molecular weight is 442 g/mol. The first kappa shape index (κ1) is 24.6. The number of esters is 2. The maximum absolute atomic E-state index is 12.4. The topological polar surface area (TPSA) is 105 Å². The predicted molar refractivity (Wildman–Crippen MR) is 114 cm³/mol. The predicted octanol–water partition coefficient (Wildman–Crippen LogP) is 4.52. The maximum Gasteiger partial charge on any atom is 0.390 e. The minimum Gasteiger partial charge on any atom is -0.425 e. The molecule has 170 valence electrons. The van der Waals surface area contributed by atoms with E-state index in [-0.39, 0.29) is 34.5 Å². The Balaban J connectivity index is 2.09. The van der Waals surface area contributed by atoms with Crippen LogP contribution in [0.4, 0.5) is 0 Å². The van der Waals surface area contributed by atoms with Crippen LogP contribution in [0.1, 0.15) is 61.3 Å². The van der Waals surface area contributed by atoms with Crippen molar-refractivity contribution in [1.82, 2.24) is 0 Å². The van der Waals surface area contributed by atoms with Gasteiger partial charge >= 0.3 is 23.9 Å². The summed E-state index contributed by atoms with van der Waals surface area (Å²) in [5.74, 6) is -3.79. The van der Waals surface area contributed by atoms with Crippen LogP contribution in [-0.2, 0) is 19.4 Å². The Kier molecular flexibility index (Phi) is 8.95. The highest BCUT2D eigenvalue weighted by Crippen LogP contribution is 2.23. The van der Waals surface area contributed by atoms with Crippen LogP contribution in [0.25, 0.3) is 0 Å². The molecule has 0 aromatic heterocycles. The second-order valence-electron chi connectivity index (χ2n) is 7.19. The zero-order chi connectivity index (χ0) is 23.7. The van der Waals surface area contributed by atoms with Crippen LogP contribution in [0.5, 0.6) is 11.5 Å². The summed E-state index contributed by atoms with van der Waals surface area (Å²) < 4.78 is 10.5. The van der Waals surface area contributed by atoms with Crippen molar-refractivity contribution in [2.75, 3.05) is 0 Å². The van der Waals surface area contributed by atoms with Gasteiger partial charge in [0.25, 0.3) is 0 Å². The average Bonchev–Trinajstić information content (AvgIpc) is 2.81. The van der Waals surface area contributed by atoms with Crippen molar-refractivity contribution in [1.29, 1.82) is 0 Å². The van der Waals surface area contributed by atoms with Crippen LogP contribution >= 0.6 is 0 Å². The van der Waals surface area contributed by atoms with Gasteiger partial charge in [-0.25, -0.2) is 19.4 Å². The fourth-order valence-corrected chi connectivity index (χ4v) is 2.37. The summed E-state index contributed by atoms with van der Waals surface area (Å²) in [6.07, 6.45) is 1.15. The van der Waals surface area contributed by atoms with Crippen molar-refractivity contribution in [3.05, 3.63) is 59.7 Å². The Morgan fingerprint density at radius 1 is 0.656 bits per heavy atom. The number of rotatable bonds is 8. The third kappa shape index (κ3) is 6.41. The molecule has 0 fully saturated rings.